The Morgan fingerprint density at radius 2 is 2.25 bits per heavy atom. The van der Waals surface area contributed by atoms with Crippen LogP contribution in [-0.2, 0) is 16.1 Å². The van der Waals surface area contributed by atoms with E-state index in [1.165, 1.54) is 17.6 Å². The van der Waals surface area contributed by atoms with Crippen LogP contribution in [0, 0.1) is 5.92 Å². The first kappa shape index (κ1) is 15.2. The van der Waals surface area contributed by atoms with E-state index < -0.39 is 0 Å². The van der Waals surface area contributed by atoms with Crippen molar-refractivity contribution >= 4 is 39.3 Å². The molecule has 5 nitrogen and oxygen atoms in total. The lowest BCUT2D eigenvalue weighted by Crippen LogP contribution is -2.42. The first-order chi connectivity index (χ1) is 9.61. The van der Waals surface area contributed by atoms with Gasteiger partial charge in [-0.1, -0.05) is 6.58 Å². The van der Waals surface area contributed by atoms with Crippen molar-refractivity contribution in [2.24, 2.45) is 5.92 Å². The van der Waals surface area contributed by atoms with Gasteiger partial charge in [0.2, 0.25) is 11.8 Å². The monoisotopic (exact) mass is 357 g/mol. The van der Waals surface area contributed by atoms with E-state index in [1.807, 2.05) is 0 Å². The Balaban J connectivity index is 1.79. The maximum absolute atomic E-state index is 12.1. The minimum absolute atomic E-state index is 0.0180. The molecule has 2 rings (SSSR count). The number of carbonyl (C=O) groups excluding carboxylic acids is 2. The molecule has 0 atom stereocenters. The van der Waals surface area contributed by atoms with Crippen molar-refractivity contribution < 1.29 is 9.59 Å². The van der Waals surface area contributed by atoms with E-state index in [1.54, 1.807) is 11.1 Å². The summed E-state index contributed by atoms with van der Waals surface area (Å²) in [5.41, 5.74) is 0. The van der Waals surface area contributed by atoms with Crippen LogP contribution in [0.2, 0.25) is 0 Å². The zero-order chi connectivity index (χ0) is 14.5. The number of nitrogens with one attached hydrogen (secondary N) is 1. The molecule has 0 aromatic carbocycles. The van der Waals surface area contributed by atoms with Gasteiger partial charge in [0.25, 0.3) is 0 Å². The highest BCUT2D eigenvalue weighted by Crippen LogP contribution is 2.21. The molecule has 7 heteroatoms. The number of carbonyl (C=O) groups is 2. The van der Waals surface area contributed by atoms with E-state index in [2.05, 4.69) is 32.2 Å². The molecule has 0 unspecified atom stereocenters. The molecule has 1 aliphatic heterocycles. The Morgan fingerprint density at radius 1 is 1.55 bits per heavy atom. The standard InChI is InChI=1S/C13H16BrN3O2S/c1-2-12(18)17-5-3-9(4-6-17)13(19)15-8-11-10(14)7-16-20-11/h2,7,9H,1,3-6,8H2,(H,15,19). The predicted octanol–water partition coefficient (Wildman–Crippen LogP) is 1.95. The van der Waals surface area contributed by atoms with Crippen molar-refractivity contribution in [2.75, 3.05) is 13.1 Å². The molecular weight excluding hydrogens is 342 g/mol. The van der Waals surface area contributed by atoms with Gasteiger partial charge in [-0.2, -0.15) is 4.37 Å². The molecule has 2 heterocycles. The highest BCUT2D eigenvalue weighted by atomic mass is 79.9. The van der Waals surface area contributed by atoms with E-state index in [0.717, 1.165) is 9.35 Å². The van der Waals surface area contributed by atoms with Crippen LogP contribution in [0.5, 0.6) is 0 Å². The van der Waals surface area contributed by atoms with E-state index in [0.29, 0.717) is 32.5 Å². The quantitative estimate of drug-likeness (QED) is 0.837. The molecule has 1 aromatic heterocycles. The SMILES string of the molecule is C=CC(=O)N1CCC(C(=O)NCc2sncc2Br)CC1. The summed E-state index contributed by atoms with van der Waals surface area (Å²) in [4.78, 5) is 26.3. The van der Waals surface area contributed by atoms with Gasteiger partial charge in [-0.15, -0.1) is 0 Å². The van der Waals surface area contributed by atoms with Gasteiger partial charge in [0, 0.05) is 19.0 Å². The van der Waals surface area contributed by atoms with Crippen molar-refractivity contribution in [1.29, 1.82) is 0 Å². The fourth-order valence-electron chi connectivity index (χ4n) is 2.17. The van der Waals surface area contributed by atoms with E-state index in [-0.39, 0.29) is 17.7 Å². The molecule has 1 aliphatic rings. The second-order valence-corrected chi connectivity index (χ2v) is 6.36. The number of aromatic nitrogens is 1. The van der Waals surface area contributed by atoms with Crippen LogP contribution in [0.1, 0.15) is 17.7 Å². The summed E-state index contributed by atoms with van der Waals surface area (Å²) in [5.74, 6) is -0.0241. The summed E-state index contributed by atoms with van der Waals surface area (Å²) >= 11 is 4.76. The smallest absolute Gasteiger partial charge is 0.245 e. The number of likely N-dealkylation sites (tertiary alicyclic amines) is 1. The minimum Gasteiger partial charge on any atom is -0.351 e. The summed E-state index contributed by atoms with van der Waals surface area (Å²) in [6, 6.07) is 0. The average Bonchev–Trinajstić information content (AvgIpc) is 2.89. The summed E-state index contributed by atoms with van der Waals surface area (Å²) in [6.45, 7) is 5.21. The summed E-state index contributed by atoms with van der Waals surface area (Å²) < 4.78 is 4.97. The number of piperidine rings is 1. The van der Waals surface area contributed by atoms with Crippen LogP contribution in [0.15, 0.2) is 23.3 Å². The van der Waals surface area contributed by atoms with Gasteiger partial charge in [0.05, 0.1) is 22.1 Å². The van der Waals surface area contributed by atoms with Gasteiger partial charge in [0.1, 0.15) is 0 Å². The second kappa shape index (κ2) is 6.99. The van der Waals surface area contributed by atoms with Crippen LogP contribution in [-0.4, -0.2) is 34.2 Å². The van der Waals surface area contributed by atoms with Gasteiger partial charge < -0.3 is 10.2 Å². The van der Waals surface area contributed by atoms with Gasteiger partial charge in [-0.25, -0.2) is 0 Å². The van der Waals surface area contributed by atoms with Gasteiger partial charge >= 0.3 is 0 Å². The fourth-order valence-corrected chi connectivity index (χ4v) is 3.33. The third-order valence-electron chi connectivity index (χ3n) is 3.37. The Bertz CT molecular complexity index is 509. The molecule has 0 radical (unpaired) electrons. The predicted molar refractivity (Wildman–Crippen MR) is 81.2 cm³/mol. The second-order valence-electron chi connectivity index (χ2n) is 4.62. The molecule has 1 aromatic rings. The maximum Gasteiger partial charge on any atom is 0.245 e. The zero-order valence-corrected chi connectivity index (χ0v) is 13.4. The number of halogens is 1. The highest BCUT2D eigenvalue weighted by molar-refractivity contribution is 9.10. The molecule has 0 bridgehead atoms. The van der Waals surface area contributed by atoms with Crippen molar-refractivity contribution in [2.45, 2.75) is 19.4 Å². The Kier molecular flexibility index (Phi) is 5.31. The number of hydrogen-bond acceptors (Lipinski definition) is 4. The number of amides is 2. The number of nitrogens with zero attached hydrogens (tertiary/aromatic N) is 2. The maximum atomic E-state index is 12.1. The molecule has 108 valence electrons. The molecular formula is C13H16BrN3O2S. The van der Waals surface area contributed by atoms with Crippen LogP contribution in [0.25, 0.3) is 0 Å². The number of rotatable bonds is 4. The zero-order valence-electron chi connectivity index (χ0n) is 11.0. The summed E-state index contributed by atoms with van der Waals surface area (Å²) in [6.07, 6.45) is 4.46. The largest absolute Gasteiger partial charge is 0.351 e. The van der Waals surface area contributed by atoms with Gasteiger partial charge in [-0.3, -0.25) is 9.59 Å². The summed E-state index contributed by atoms with van der Waals surface area (Å²) in [5, 5.41) is 2.93. The third-order valence-corrected chi connectivity index (χ3v) is 5.11. The molecule has 2 amide bonds. The number of hydrogen-bond donors (Lipinski definition) is 1. The molecule has 1 N–H and O–H groups in total. The van der Waals surface area contributed by atoms with Crippen molar-refractivity contribution in [3.8, 4) is 0 Å². The van der Waals surface area contributed by atoms with Gasteiger partial charge in [-0.05, 0) is 46.4 Å². The average molecular weight is 358 g/mol. The van der Waals surface area contributed by atoms with Crippen molar-refractivity contribution in [3.05, 3.63) is 28.2 Å². The van der Waals surface area contributed by atoms with Crippen LogP contribution < -0.4 is 5.32 Å². The highest BCUT2D eigenvalue weighted by Gasteiger charge is 2.26. The molecule has 1 saturated heterocycles. The fraction of sp³-hybridized carbons (Fsp3) is 0.462. The lowest BCUT2D eigenvalue weighted by molar-refractivity contribution is -0.132. The Hall–Kier alpha value is -1.21. The molecule has 20 heavy (non-hydrogen) atoms. The lowest BCUT2D eigenvalue weighted by Gasteiger charge is -2.30. The molecule has 0 saturated carbocycles. The first-order valence-electron chi connectivity index (χ1n) is 6.40. The van der Waals surface area contributed by atoms with Crippen molar-refractivity contribution in [3.63, 3.8) is 0 Å². The normalized spacial score (nSPS) is 15.9. The van der Waals surface area contributed by atoms with Gasteiger partial charge in [0.15, 0.2) is 0 Å². The first-order valence-corrected chi connectivity index (χ1v) is 7.96. The minimum atomic E-state index is -0.0579. The Morgan fingerprint density at radius 3 is 2.80 bits per heavy atom. The third kappa shape index (κ3) is 3.67. The molecule has 0 spiro atoms. The van der Waals surface area contributed by atoms with E-state index >= 15 is 0 Å². The Labute approximate surface area is 130 Å². The lowest BCUT2D eigenvalue weighted by atomic mass is 9.96. The van der Waals surface area contributed by atoms with E-state index in [9.17, 15) is 9.59 Å². The summed E-state index contributed by atoms with van der Waals surface area (Å²) in [7, 11) is 0. The van der Waals surface area contributed by atoms with Crippen LogP contribution in [0.3, 0.4) is 0 Å². The van der Waals surface area contributed by atoms with Crippen LogP contribution in [0.4, 0.5) is 0 Å². The van der Waals surface area contributed by atoms with Crippen LogP contribution >= 0.6 is 27.5 Å². The molecule has 0 aliphatic carbocycles. The molecule has 1 fully saturated rings. The van der Waals surface area contributed by atoms with Crippen molar-refractivity contribution in [1.82, 2.24) is 14.6 Å². The van der Waals surface area contributed by atoms with E-state index in [4.69, 9.17) is 0 Å². The topological polar surface area (TPSA) is 62.3 Å².